The van der Waals surface area contributed by atoms with Gasteiger partial charge in [0.1, 0.15) is 0 Å². The number of hydrogen-bond donors (Lipinski definition) is 0. The molecule has 0 radical (unpaired) electrons. The van der Waals surface area contributed by atoms with E-state index in [-0.39, 0.29) is 23.5 Å². The van der Waals surface area contributed by atoms with E-state index >= 15 is 0 Å². The fraction of sp³-hybridized carbons (Fsp3) is 0.450. The van der Waals surface area contributed by atoms with E-state index in [1.807, 2.05) is 19.1 Å². The Labute approximate surface area is 158 Å². The van der Waals surface area contributed by atoms with Gasteiger partial charge >= 0.3 is 0 Å². The van der Waals surface area contributed by atoms with Crippen molar-refractivity contribution in [1.29, 1.82) is 0 Å². The zero-order chi connectivity index (χ0) is 18.3. The molecule has 0 N–H and O–H groups in total. The van der Waals surface area contributed by atoms with E-state index in [9.17, 15) is 13.2 Å². The van der Waals surface area contributed by atoms with E-state index in [4.69, 9.17) is 0 Å². The Morgan fingerprint density at radius 3 is 2.73 bits per heavy atom. The van der Waals surface area contributed by atoms with Gasteiger partial charge in [0, 0.05) is 17.5 Å². The average molecular weight is 390 g/mol. The molecule has 0 spiro atoms. The maximum absolute atomic E-state index is 13.2. The molecule has 1 amide bonds. The highest BCUT2D eigenvalue weighted by Gasteiger charge is 2.35. The van der Waals surface area contributed by atoms with Gasteiger partial charge < -0.3 is 4.90 Å². The van der Waals surface area contributed by atoms with Crippen molar-refractivity contribution in [3.63, 3.8) is 0 Å². The molecule has 1 aromatic carbocycles. The molecule has 1 atom stereocenters. The summed E-state index contributed by atoms with van der Waals surface area (Å²) < 4.78 is 23.7. The predicted molar refractivity (Wildman–Crippen MR) is 106 cm³/mol. The topological polar surface area (TPSA) is 54.5 Å². The van der Waals surface area contributed by atoms with E-state index in [1.165, 1.54) is 21.6 Å². The average Bonchev–Trinajstić information content (AvgIpc) is 3.22. The molecule has 1 aromatic heterocycles. The molecule has 1 fully saturated rings. The van der Waals surface area contributed by atoms with Crippen LogP contribution in [0.2, 0.25) is 0 Å². The minimum Gasteiger partial charge on any atom is -0.334 e. The zero-order valence-electron chi connectivity index (χ0n) is 14.9. The van der Waals surface area contributed by atoms with Crippen molar-refractivity contribution in [2.45, 2.75) is 38.6 Å². The minimum absolute atomic E-state index is 0.00849. The Morgan fingerprint density at radius 1 is 1.23 bits per heavy atom. The SMILES string of the molecule is CCCN(C(=O)c1cc2c(s1)-c1ccccc1CC2)C1CCS(=O)(=O)C1. The van der Waals surface area contributed by atoms with Gasteiger partial charge in [-0.2, -0.15) is 0 Å². The van der Waals surface area contributed by atoms with Crippen LogP contribution in [0.25, 0.3) is 10.4 Å². The van der Waals surface area contributed by atoms with Crippen LogP contribution in [-0.4, -0.2) is 43.3 Å². The Hall–Kier alpha value is -1.66. The number of nitrogens with zero attached hydrogens (tertiary/aromatic N) is 1. The molecule has 1 aliphatic heterocycles. The first-order valence-electron chi connectivity index (χ1n) is 9.21. The van der Waals surface area contributed by atoms with Gasteiger partial charge in [-0.05, 0) is 48.4 Å². The van der Waals surface area contributed by atoms with Crippen molar-refractivity contribution in [3.8, 4) is 10.4 Å². The Morgan fingerprint density at radius 2 is 2.00 bits per heavy atom. The largest absolute Gasteiger partial charge is 0.334 e. The van der Waals surface area contributed by atoms with E-state index in [0.29, 0.717) is 13.0 Å². The molecule has 2 heterocycles. The fourth-order valence-corrected chi connectivity index (χ4v) is 6.99. The summed E-state index contributed by atoms with van der Waals surface area (Å²) in [4.78, 5) is 16.9. The normalized spacial score (nSPS) is 20.4. The van der Waals surface area contributed by atoms with Crippen molar-refractivity contribution in [2.75, 3.05) is 18.1 Å². The molecule has 0 saturated carbocycles. The molecule has 26 heavy (non-hydrogen) atoms. The highest BCUT2D eigenvalue weighted by Crippen LogP contribution is 2.40. The minimum atomic E-state index is -3.01. The first-order chi connectivity index (χ1) is 12.5. The van der Waals surface area contributed by atoms with Gasteiger partial charge in [-0.15, -0.1) is 11.3 Å². The number of carbonyl (C=O) groups excluding carboxylic acids is 1. The summed E-state index contributed by atoms with van der Waals surface area (Å²) in [6.07, 6.45) is 3.35. The first kappa shape index (κ1) is 17.7. The van der Waals surface area contributed by atoms with Gasteiger partial charge in [0.25, 0.3) is 5.91 Å². The summed E-state index contributed by atoms with van der Waals surface area (Å²) in [6, 6.07) is 10.2. The summed E-state index contributed by atoms with van der Waals surface area (Å²) >= 11 is 1.56. The van der Waals surface area contributed by atoms with Crippen molar-refractivity contribution in [3.05, 3.63) is 46.3 Å². The van der Waals surface area contributed by atoms with Crippen LogP contribution < -0.4 is 0 Å². The van der Waals surface area contributed by atoms with Gasteiger partial charge in [-0.25, -0.2) is 8.42 Å². The molecule has 1 unspecified atom stereocenters. The smallest absolute Gasteiger partial charge is 0.264 e. The summed E-state index contributed by atoms with van der Waals surface area (Å²) in [7, 11) is -3.01. The molecule has 0 bridgehead atoms. The summed E-state index contributed by atoms with van der Waals surface area (Å²) in [6.45, 7) is 2.64. The predicted octanol–water partition coefficient (Wildman–Crippen LogP) is 3.55. The molecular formula is C20H23NO3S2. The quantitative estimate of drug-likeness (QED) is 0.803. The molecule has 6 heteroatoms. The third kappa shape index (κ3) is 3.21. The maximum atomic E-state index is 13.2. The maximum Gasteiger partial charge on any atom is 0.264 e. The van der Waals surface area contributed by atoms with Crippen LogP contribution in [0.3, 0.4) is 0 Å². The van der Waals surface area contributed by atoms with Crippen molar-refractivity contribution < 1.29 is 13.2 Å². The number of rotatable bonds is 4. The number of sulfone groups is 1. The number of benzene rings is 1. The van der Waals surface area contributed by atoms with E-state index < -0.39 is 9.84 Å². The van der Waals surface area contributed by atoms with Crippen LogP contribution in [-0.2, 0) is 22.7 Å². The second-order valence-corrected chi connectivity index (χ2v) is 10.5. The first-order valence-corrected chi connectivity index (χ1v) is 11.8. The standard InChI is InChI=1S/C20H23NO3S2/c1-2-10-21(16-9-11-26(23,24)13-16)20(22)18-12-15-8-7-14-5-3-4-6-17(14)19(15)25-18/h3-6,12,16H,2,7-11,13H2,1H3. The van der Waals surface area contributed by atoms with Gasteiger partial charge in [0.05, 0.1) is 16.4 Å². The highest BCUT2D eigenvalue weighted by molar-refractivity contribution is 7.91. The fourth-order valence-electron chi connectivity index (χ4n) is 4.03. The molecule has 2 aromatic rings. The lowest BCUT2D eigenvalue weighted by Crippen LogP contribution is -2.41. The van der Waals surface area contributed by atoms with E-state index in [2.05, 4.69) is 18.2 Å². The number of hydrogen-bond acceptors (Lipinski definition) is 4. The number of thiophene rings is 1. The number of aryl methyl sites for hydroxylation is 2. The monoisotopic (exact) mass is 389 g/mol. The van der Waals surface area contributed by atoms with Crippen LogP contribution >= 0.6 is 11.3 Å². The summed E-state index contributed by atoms with van der Waals surface area (Å²) in [5.74, 6) is 0.289. The molecule has 2 aliphatic rings. The van der Waals surface area contributed by atoms with Gasteiger partial charge in [-0.3, -0.25) is 4.79 Å². The second-order valence-electron chi connectivity index (χ2n) is 7.18. The lowest BCUT2D eigenvalue weighted by Gasteiger charge is -2.27. The van der Waals surface area contributed by atoms with Crippen molar-refractivity contribution in [2.24, 2.45) is 0 Å². The van der Waals surface area contributed by atoms with Crippen LogP contribution in [0.15, 0.2) is 30.3 Å². The van der Waals surface area contributed by atoms with E-state index in [1.54, 1.807) is 16.2 Å². The molecular weight excluding hydrogens is 366 g/mol. The Bertz CT molecular complexity index is 946. The molecule has 1 saturated heterocycles. The molecule has 4 nitrogen and oxygen atoms in total. The zero-order valence-corrected chi connectivity index (χ0v) is 16.5. The van der Waals surface area contributed by atoms with Crippen LogP contribution in [0.4, 0.5) is 0 Å². The van der Waals surface area contributed by atoms with Crippen molar-refractivity contribution in [1.82, 2.24) is 4.90 Å². The Kier molecular flexibility index (Phi) is 4.65. The molecule has 138 valence electrons. The number of amides is 1. The van der Waals surface area contributed by atoms with Gasteiger partial charge in [0.2, 0.25) is 0 Å². The third-order valence-corrected chi connectivity index (χ3v) is 8.27. The third-order valence-electron chi connectivity index (χ3n) is 5.32. The summed E-state index contributed by atoms with van der Waals surface area (Å²) in [5, 5.41) is 0. The van der Waals surface area contributed by atoms with Crippen LogP contribution in [0.5, 0.6) is 0 Å². The van der Waals surface area contributed by atoms with E-state index in [0.717, 1.165) is 24.1 Å². The Balaban J connectivity index is 1.65. The number of fused-ring (bicyclic) bond motifs is 3. The number of carbonyl (C=O) groups is 1. The van der Waals surface area contributed by atoms with Crippen LogP contribution in [0.1, 0.15) is 40.6 Å². The second kappa shape index (κ2) is 6.82. The molecule has 4 rings (SSSR count). The van der Waals surface area contributed by atoms with Crippen molar-refractivity contribution >= 4 is 27.1 Å². The van der Waals surface area contributed by atoms with Gasteiger partial charge in [-0.1, -0.05) is 31.2 Å². The highest BCUT2D eigenvalue weighted by atomic mass is 32.2. The van der Waals surface area contributed by atoms with Gasteiger partial charge in [0.15, 0.2) is 9.84 Å². The van der Waals surface area contributed by atoms with Crippen LogP contribution in [0, 0.1) is 0 Å². The lowest BCUT2D eigenvalue weighted by molar-refractivity contribution is 0.0702. The lowest BCUT2D eigenvalue weighted by atomic mass is 9.91. The molecule has 1 aliphatic carbocycles. The summed E-state index contributed by atoms with van der Waals surface area (Å²) in [5.41, 5.74) is 3.82.